The normalized spacial score (nSPS) is 9.78. The minimum absolute atomic E-state index is 0.347. The molecule has 6 nitrogen and oxygen atoms in total. The van der Waals surface area contributed by atoms with Crippen molar-refractivity contribution in [1.29, 1.82) is 0 Å². The second-order valence-electron chi connectivity index (χ2n) is 3.56. The third-order valence-corrected chi connectivity index (χ3v) is 2.46. The van der Waals surface area contributed by atoms with E-state index in [4.69, 9.17) is 9.47 Å². The summed E-state index contributed by atoms with van der Waals surface area (Å²) in [5.41, 5.74) is 0. The van der Waals surface area contributed by atoms with Gasteiger partial charge in [0.1, 0.15) is 0 Å². The molecule has 0 aromatic carbocycles. The summed E-state index contributed by atoms with van der Waals surface area (Å²) < 4.78 is 9.84. The maximum atomic E-state index is 11.5. The van der Waals surface area contributed by atoms with Gasteiger partial charge in [0.15, 0.2) is 0 Å². The quantitative estimate of drug-likeness (QED) is 0.702. The van der Waals surface area contributed by atoms with E-state index < -0.39 is 0 Å². The van der Waals surface area contributed by atoms with Crippen LogP contribution < -0.4 is 0 Å². The van der Waals surface area contributed by atoms with Crippen molar-refractivity contribution in [3.05, 3.63) is 0 Å². The molecule has 0 aromatic rings. The van der Waals surface area contributed by atoms with Crippen LogP contribution in [0.25, 0.3) is 0 Å². The number of hydrogen-bond acceptors (Lipinski definition) is 4. The van der Waals surface area contributed by atoms with E-state index in [0.717, 1.165) is 0 Å². The molecule has 0 heterocycles. The Balaban J connectivity index is 4.23. The van der Waals surface area contributed by atoms with Crippen LogP contribution in [0.2, 0.25) is 0 Å². The maximum Gasteiger partial charge on any atom is 0.409 e. The van der Waals surface area contributed by atoms with E-state index in [2.05, 4.69) is 0 Å². The molecule has 0 saturated heterocycles. The average Bonchev–Trinajstić information content (AvgIpc) is 2.35. The molecule has 0 aliphatic rings. The molecule has 0 aliphatic heterocycles. The molecule has 6 heteroatoms. The summed E-state index contributed by atoms with van der Waals surface area (Å²) in [4.78, 5) is 26.2. The average molecular weight is 260 g/mol. The molecule has 0 spiro atoms. The van der Waals surface area contributed by atoms with Crippen molar-refractivity contribution in [2.75, 3.05) is 39.4 Å². The van der Waals surface area contributed by atoms with Gasteiger partial charge in [-0.05, 0) is 27.7 Å². The Hall–Kier alpha value is -1.46. The predicted molar refractivity (Wildman–Crippen MR) is 68.5 cm³/mol. The van der Waals surface area contributed by atoms with E-state index in [1.54, 1.807) is 23.6 Å². The van der Waals surface area contributed by atoms with E-state index in [9.17, 15) is 9.59 Å². The number of likely N-dealkylation sites (N-methyl/N-ethyl adjacent to an activating group) is 2. The van der Waals surface area contributed by atoms with Crippen LogP contribution in [0.4, 0.5) is 9.59 Å². The summed E-state index contributed by atoms with van der Waals surface area (Å²) in [6, 6.07) is 0. The summed E-state index contributed by atoms with van der Waals surface area (Å²) >= 11 is 0. The molecule has 0 fully saturated rings. The molecule has 0 saturated carbocycles. The van der Waals surface area contributed by atoms with Gasteiger partial charge in [0, 0.05) is 26.2 Å². The van der Waals surface area contributed by atoms with E-state index in [1.165, 1.54) is 0 Å². The van der Waals surface area contributed by atoms with Crippen molar-refractivity contribution < 1.29 is 19.1 Å². The lowest BCUT2D eigenvalue weighted by Crippen LogP contribution is -2.41. The van der Waals surface area contributed by atoms with Crippen LogP contribution >= 0.6 is 0 Å². The van der Waals surface area contributed by atoms with Crippen LogP contribution in [0.1, 0.15) is 27.7 Å². The van der Waals surface area contributed by atoms with Crippen LogP contribution in [-0.4, -0.2) is 61.4 Å². The highest BCUT2D eigenvalue weighted by Gasteiger charge is 2.17. The number of rotatable bonds is 7. The highest BCUT2D eigenvalue weighted by atomic mass is 16.6. The molecular formula is C12H24N2O4. The van der Waals surface area contributed by atoms with Crippen molar-refractivity contribution in [2.24, 2.45) is 0 Å². The molecule has 0 N–H and O–H groups in total. The number of amides is 2. The number of hydrogen-bond donors (Lipinski definition) is 0. The Bertz CT molecular complexity index is 232. The van der Waals surface area contributed by atoms with Gasteiger partial charge in [-0.2, -0.15) is 0 Å². The topological polar surface area (TPSA) is 59.1 Å². The summed E-state index contributed by atoms with van der Waals surface area (Å²) in [6.45, 7) is 9.98. The first kappa shape index (κ1) is 16.5. The molecule has 0 aromatic heterocycles. The molecule has 0 rings (SSSR count). The summed E-state index contributed by atoms with van der Waals surface area (Å²) in [5.74, 6) is 0. The zero-order valence-electron chi connectivity index (χ0n) is 11.8. The van der Waals surface area contributed by atoms with Crippen LogP contribution in [0, 0.1) is 0 Å². The van der Waals surface area contributed by atoms with Crippen LogP contribution in [0.5, 0.6) is 0 Å². The SMILES string of the molecule is CCOC(=O)N(CC)CCN(CC)C(=O)OCC. The van der Waals surface area contributed by atoms with Gasteiger partial charge in [-0.25, -0.2) is 9.59 Å². The summed E-state index contributed by atoms with van der Waals surface area (Å²) in [6.07, 6.45) is -0.695. The van der Waals surface area contributed by atoms with Gasteiger partial charge >= 0.3 is 12.2 Å². The lowest BCUT2D eigenvalue weighted by Gasteiger charge is -2.25. The number of carbonyl (C=O) groups is 2. The largest absolute Gasteiger partial charge is 0.450 e. The molecule has 2 amide bonds. The molecule has 0 bridgehead atoms. The van der Waals surface area contributed by atoms with Gasteiger partial charge in [0.25, 0.3) is 0 Å². The van der Waals surface area contributed by atoms with Crippen molar-refractivity contribution in [3.63, 3.8) is 0 Å². The third-order valence-electron chi connectivity index (χ3n) is 2.46. The predicted octanol–water partition coefficient (Wildman–Crippen LogP) is 1.94. The molecular weight excluding hydrogens is 236 g/mol. The fourth-order valence-corrected chi connectivity index (χ4v) is 1.43. The molecule has 0 unspecified atom stereocenters. The second kappa shape index (κ2) is 9.56. The van der Waals surface area contributed by atoms with E-state index in [-0.39, 0.29) is 12.2 Å². The van der Waals surface area contributed by atoms with Crippen molar-refractivity contribution >= 4 is 12.2 Å². The zero-order valence-corrected chi connectivity index (χ0v) is 11.8. The first-order valence-electron chi connectivity index (χ1n) is 6.43. The van der Waals surface area contributed by atoms with Crippen molar-refractivity contribution in [3.8, 4) is 0 Å². The summed E-state index contributed by atoms with van der Waals surface area (Å²) in [5, 5.41) is 0. The van der Waals surface area contributed by atoms with E-state index in [1.807, 2.05) is 13.8 Å². The minimum atomic E-state index is -0.347. The second-order valence-corrected chi connectivity index (χ2v) is 3.56. The van der Waals surface area contributed by atoms with Gasteiger partial charge < -0.3 is 19.3 Å². The number of ether oxygens (including phenoxy) is 2. The van der Waals surface area contributed by atoms with E-state index >= 15 is 0 Å². The smallest absolute Gasteiger partial charge is 0.409 e. The fraction of sp³-hybridized carbons (Fsp3) is 0.833. The lowest BCUT2D eigenvalue weighted by atomic mass is 10.4. The van der Waals surface area contributed by atoms with Gasteiger partial charge in [0.2, 0.25) is 0 Å². The highest BCUT2D eigenvalue weighted by Crippen LogP contribution is 1.98. The Morgan fingerprint density at radius 2 is 1.11 bits per heavy atom. The Morgan fingerprint density at radius 1 is 0.778 bits per heavy atom. The monoisotopic (exact) mass is 260 g/mol. The standard InChI is InChI=1S/C12H24N2O4/c1-5-13(11(15)17-7-3)9-10-14(6-2)12(16)18-8-4/h5-10H2,1-4H3. The Kier molecular flexibility index (Phi) is 8.78. The Labute approximate surface area is 109 Å². The van der Waals surface area contributed by atoms with Gasteiger partial charge in [0.05, 0.1) is 13.2 Å². The molecule has 18 heavy (non-hydrogen) atoms. The fourth-order valence-electron chi connectivity index (χ4n) is 1.43. The van der Waals surface area contributed by atoms with Crippen molar-refractivity contribution in [1.82, 2.24) is 9.80 Å². The maximum absolute atomic E-state index is 11.5. The molecule has 0 aliphatic carbocycles. The molecule has 0 atom stereocenters. The van der Waals surface area contributed by atoms with Gasteiger partial charge in [-0.15, -0.1) is 0 Å². The van der Waals surface area contributed by atoms with E-state index in [0.29, 0.717) is 39.4 Å². The third kappa shape index (κ3) is 5.75. The lowest BCUT2D eigenvalue weighted by molar-refractivity contribution is 0.0908. The van der Waals surface area contributed by atoms with Crippen molar-refractivity contribution in [2.45, 2.75) is 27.7 Å². The first-order valence-corrected chi connectivity index (χ1v) is 6.43. The highest BCUT2D eigenvalue weighted by molar-refractivity contribution is 5.68. The minimum Gasteiger partial charge on any atom is -0.450 e. The zero-order chi connectivity index (χ0) is 14.0. The van der Waals surface area contributed by atoms with Gasteiger partial charge in [-0.1, -0.05) is 0 Å². The summed E-state index contributed by atoms with van der Waals surface area (Å²) in [7, 11) is 0. The first-order chi connectivity index (χ1) is 8.60. The molecule has 106 valence electrons. The number of nitrogens with zero attached hydrogens (tertiary/aromatic N) is 2. The number of carbonyl (C=O) groups excluding carboxylic acids is 2. The Morgan fingerprint density at radius 3 is 1.33 bits per heavy atom. The van der Waals surface area contributed by atoms with Crippen LogP contribution in [0.15, 0.2) is 0 Å². The van der Waals surface area contributed by atoms with Crippen LogP contribution in [-0.2, 0) is 9.47 Å². The van der Waals surface area contributed by atoms with Crippen LogP contribution in [0.3, 0.4) is 0 Å². The van der Waals surface area contributed by atoms with Gasteiger partial charge in [-0.3, -0.25) is 0 Å². The molecule has 0 radical (unpaired) electrons.